The van der Waals surface area contributed by atoms with Crippen LogP contribution in [0.4, 0.5) is 0 Å². The molecule has 2 atom stereocenters. The van der Waals surface area contributed by atoms with Gasteiger partial charge in [-0.2, -0.15) is 0 Å². The Morgan fingerprint density at radius 1 is 1.31 bits per heavy atom. The third kappa shape index (κ3) is 2.38. The van der Waals surface area contributed by atoms with Crippen LogP contribution in [0.5, 0.6) is 5.75 Å². The van der Waals surface area contributed by atoms with E-state index in [2.05, 4.69) is 12.1 Å². The minimum Gasteiger partial charge on any atom is -0.494 e. The van der Waals surface area contributed by atoms with E-state index in [1.807, 2.05) is 32.9 Å². The second kappa shape index (κ2) is 4.10. The first-order chi connectivity index (χ1) is 7.52. The molecular weight excluding hydrogens is 200 g/mol. The summed E-state index contributed by atoms with van der Waals surface area (Å²) in [7, 11) is 0. The fourth-order valence-corrected chi connectivity index (χ4v) is 2.32. The van der Waals surface area contributed by atoms with Crippen LogP contribution in [0.3, 0.4) is 0 Å². The van der Waals surface area contributed by atoms with Gasteiger partial charge in [-0.05, 0) is 56.7 Å². The Kier molecular flexibility index (Phi) is 2.94. The van der Waals surface area contributed by atoms with E-state index in [0.717, 1.165) is 12.2 Å². The molecule has 2 nitrogen and oxygen atoms in total. The Morgan fingerprint density at radius 2 is 1.94 bits per heavy atom. The Balaban J connectivity index is 2.02. The molecule has 1 fully saturated rings. The monoisotopic (exact) mass is 220 g/mol. The average Bonchev–Trinajstić information content (AvgIpc) is 2.98. The van der Waals surface area contributed by atoms with Crippen molar-refractivity contribution in [2.24, 2.45) is 5.92 Å². The molecule has 1 N–H and O–H groups in total. The van der Waals surface area contributed by atoms with Crippen LogP contribution < -0.4 is 4.74 Å². The highest BCUT2D eigenvalue weighted by molar-refractivity contribution is 5.33. The van der Waals surface area contributed by atoms with Crippen molar-refractivity contribution in [2.45, 2.75) is 38.7 Å². The summed E-state index contributed by atoms with van der Waals surface area (Å²) in [4.78, 5) is 0. The topological polar surface area (TPSA) is 29.5 Å². The van der Waals surface area contributed by atoms with Crippen molar-refractivity contribution < 1.29 is 9.84 Å². The number of rotatable bonds is 4. The quantitative estimate of drug-likeness (QED) is 0.845. The van der Waals surface area contributed by atoms with Crippen LogP contribution in [-0.2, 0) is 0 Å². The van der Waals surface area contributed by atoms with Crippen molar-refractivity contribution in [3.8, 4) is 5.75 Å². The molecule has 0 aromatic heterocycles. The Bertz CT molecular complexity index is 348. The maximum Gasteiger partial charge on any atom is 0.119 e. The maximum absolute atomic E-state index is 9.90. The highest BCUT2D eigenvalue weighted by Gasteiger charge is 2.47. The molecule has 0 aliphatic heterocycles. The van der Waals surface area contributed by atoms with Gasteiger partial charge in [0.25, 0.3) is 0 Å². The molecule has 0 unspecified atom stereocenters. The summed E-state index contributed by atoms with van der Waals surface area (Å²) in [6, 6.07) is 8.25. The molecule has 1 aliphatic carbocycles. The number of hydrogen-bond donors (Lipinski definition) is 1. The lowest BCUT2D eigenvalue weighted by Gasteiger charge is -2.16. The summed E-state index contributed by atoms with van der Waals surface area (Å²) in [6.45, 7) is 6.48. The van der Waals surface area contributed by atoms with Gasteiger partial charge >= 0.3 is 0 Å². The molecule has 0 saturated heterocycles. The van der Waals surface area contributed by atoms with Crippen molar-refractivity contribution in [1.82, 2.24) is 0 Å². The highest BCUT2D eigenvalue weighted by Crippen LogP contribution is 2.53. The van der Waals surface area contributed by atoms with Crippen molar-refractivity contribution in [2.75, 3.05) is 6.61 Å². The lowest BCUT2D eigenvalue weighted by Crippen LogP contribution is -2.22. The Labute approximate surface area is 97.3 Å². The second-order valence-corrected chi connectivity index (χ2v) is 5.10. The van der Waals surface area contributed by atoms with E-state index < -0.39 is 5.60 Å². The predicted octanol–water partition coefficient (Wildman–Crippen LogP) is 2.96. The van der Waals surface area contributed by atoms with E-state index in [1.54, 1.807) is 0 Å². The van der Waals surface area contributed by atoms with Crippen LogP contribution >= 0.6 is 0 Å². The van der Waals surface area contributed by atoms with Crippen LogP contribution in [-0.4, -0.2) is 17.3 Å². The fourth-order valence-electron chi connectivity index (χ4n) is 2.32. The van der Waals surface area contributed by atoms with Gasteiger partial charge in [-0.1, -0.05) is 12.1 Å². The summed E-state index contributed by atoms with van der Waals surface area (Å²) in [5.74, 6) is 1.85. The summed E-state index contributed by atoms with van der Waals surface area (Å²) < 4.78 is 5.41. The van der Waals surface area contributed by atoms with Gasteiger partial charge in [0.1, 0.15) is 5.75 Å². The Morgan fingerprint density at radius 3 is 2.38 bits per heavy atom. The van der Waals surface area contributed by atoms with Gasteiger partial charge in [0.15, 0.2) is 0 Å². The number of benzene rings is 1. The number of hydrogen-bond acceptors (Lipinski definition) is 2. The third-order valence-electron chi connectivity index (χ3n) is 3.32. The first kappa shape index (κ1) is 11.5. The zero-order valence-corrected chi connectivity index (χ0v) is 10.2. The van der Waals surface area contributed by atoms with Gasteiger partial charge in [-0.25, -0.2) is 0 Å². The third-order valence-corrected chi connectivity index (χ3v) is 3.32. The van der Waals surface area contributed by atoms with Gasteiger partial charge in [-0.15, -0.1) is 0 Å². The minimum absolute atomic E-state index is 0.408. The van der Waals surface area contributed by atoms with Gasteiger partial charge in [0, 0.05) is 0 Å². The molecule has 16 heavy (non-hydrogen) atoms. The van der Waals surface area contributed by atoms with Gasteiger partial charge in [0.2, 0.25) is 0 Å². The molecule has 0 spiro atoms. The van der Waals surface area contributed by atoms with E-state index >= 15 is 0 Å². The lowest BCUT2D eigenvalue weighted by molar-refractivity contribution is 0.0546. The molecule has 0 bridgehead atoms. The molecule has 1 saturated carbocycles. The van der Waals surface area contributed by atoms with Crippen LogP contribution in [0.2, 0.25) is 0 Å². The molecule has 0 radical (unpaired) electrons. The van der Waals surface area contributed by atoms with Gasteiger partial charge < -0.3 is 9.84 Å². The molecule has 2 heteroatoms. The number of aliphatic hydroxyl groups is 1. The van der Waals surface area contributed by atoms with Gasteiger partial charge in [0.05, 0.1) is 12.2 Å². The fraction of sp³-hybridized carbons (Fsp3) is 0.571. The SMILES string of the molecule is CCOc1ccc([C@H]2C[C@@H]2C(C)(C)O)cc1. The van der Waals surface area contributed by atoms with E-state index in [9.17, 15) is 5.11 Å². The largest absolute Gasteiger partial charge is 0.494 e. The second-order valence-electron chi connectivity index (χ2n) is 5.10. The summed E-state index contributed by atoms with van der Waals surface area (Å²) >= 11 is 0. The zero-order valence-electron chi connectivity index (χ0n) is 10.2. The van der Waals surface area contributed by atoms with Crippen LogP contribution in [0, 0.1) is 5.92 Å². The average molecular weight is 220 g/mol. The first-order valence-electron chi connectivity index (χ1n) is 5.97. The van der Waals surface area contributed by atoms with Crippen molar-refractivity contribution in [1.29, 1.82) is 0 Å². The smallest absolute Gasteiger partial charge is 0.119 e. The number of ether oxygens (including phenoxy) is 1. The standard InChI is InChI=1S/C14H20O2/c1-4-16-11-7-5-10(6-8-11)12-9-13(12)14(2,3)15/h5-8,12-13,15H,4,9H2,1-3H3/t12-,13+/m1/s1. The van der Waals surface area contributed by atoms with Crippen LogP contribution in [0.1, 0.15) is 38.7 Å². The van der Waals surface area contributed by atoms with Crippen molar-refractivity contribution in [3.63, 3.8) is 0 Å². The molecule has 0 amide bonds. The minimum atomic E-state index is -0.552. The first-order valence-corrected chi connectivity index (χ1v) is 5.97. The molecule has 1 aliphatic rings. The normalized spacial score (nSPS) is 24.2. The van der Waals surface area contributed by atoms with E-state index in [4.69, 9.17) is 4.74 Å². The molecule has 0 heterocycles. The molecule has 2 rings (SSSR count). The van der Waals surface area contributed by atoms with Crippen molar-refractivity contribution >= 4 is 0 Å². The van der Waals surface area contributed by atoms with Crippen molar-refractivity contribution in [3.05, 3.63) is 29.8 Å². The molecular formula is C14H20O2. The lowest BCUT2D eigenvalue weighted by atomic mass is 9.99. The van der Waals surface area contributed by atoms with E-state index in [1.165, 1.54) is 5.56 Å². The molecule has 1 aromatic rings. The molecule has 88 valence electrons. The zero-order chi connectivity index (χ0) is 11.8. The summed E-state index contributed by atoms with van der Waals surface area (Å²) in [5, 5.41) is 9.90. The predicted molar refractivity (Wildman–Crippen MR) is 64.8 cm³/mol. The van der Waals surface area contributed by atoms with Gasteiger partial charge in [-0.3, -0.25) is 0 Å². The van der Waals surface area contributed by atoms with E-state index in [0.29, 0.717) is 18.4 Å². The van der Waals surface area contributed by atoms with Crippen LogP contribution in [0.25, 0.3) is 0 Å². The van der Waals surface area contributed by atoms with E-state index in [-0.39, 0.29) is 0 Å². The maximum atomic E-state index is 9.90. The highest BCUT2D eigenvalue weighted by atomic mass is 16.5. The summed E-state index contributed by atoms with van der Waals surface area (Å²) in [6.07, 6.45) is 1.09. The molecule has 1 aromatic carbocycles. The Hall–Kier alpha value is -1.02. The summed E-state index contributed by atoms with van der Waals surface area (Å²) in [5.41, 5.74) is 0.763. The van der Waals surface area contributed by atoms with Crippen LogP contribution in [0.15, 0.2) is 24.3 Å².